The Morgan fingerprint density at radius 1 is 1.17 bits per heavy atom. The van der Waals surface area contributed by atoms with Gasteiger partial charge in [0, 0.05) is 5.56 Å². The van der Waals surface area contributed by atoms with Crippen molar-refractivity contribution in [1.29, 1.82) is 0 Å². The summed E-state index contributed by atoms with van der Waals surface area (Å²) in [7, 11) is 1.31. The predicted molar refractivity (Wildman–Crippen MR) is 67.9 cm³/mol. The Morgan fingerprint density at radius 3 is 2.44 bits per heavy atom. The van der Waals surface area contributed by atoms with Crippen molar-refractivity contribution in [3.05, 3.63) is 59.4 Å². The van der Waals surface area contributed by atoms with Crippen LogP contribution < -0.4 is 0 Å². The molecule has 0 spiro atoms. The van der Waals surface area contributed by atoms with Crippen LogP contribution in [0.15, 0.2) is 42.5 Å². The molecule has 2 aromatic carbocycles. The molecule has 0 saturated heterocycles. The minimum atomic E-state index is -0.454. The van der Waals surface area contributed by atoms with Crippen LogP contribution in [0.1, 0.15) is 15.9 Å². The second-order valence-electron chi connectivity index (χ2n) is 4.00. The van der Waals surface area contributed by atoms with Crippen molar-refractivity contribution in [3.63, 3.8) is 0 Å². The number of hydrogen-bond acceptors (Lipinski definition) is 2. The fourth-order valence-electron chi connectivity index (χ4n) is 1.84. The van der Waals surface area contributed by atoms with Gasteiger partial charge in [0.25, 0.3) is 0 Å². The second kappa shape index (κ2) is 5.00. The number of benzene rings is 2. The molecule has 0 aromatic heterocycles. The number of ether oxygens (including phenoxy) is 1. The van der Waals surface area contributed by atoms with Gasteiger partial charge < -0.3 is 4.74 Å². The van der Waals surface area contributed by atoms with E-state index >= 15 is 0 Å². The largest absolute Gasteiger partial charge is 0.465 e. The molecule has 0 fully saturated rings. The molecule has 0 aliphatic carbocycles. The molecule has 0 heterocycles. The summed E-state index contributed by atoms with van der Waals surface area (Å²) < 4.78 is 18.6. The lowest BCUT2D eigenvalue weighted by Crippen LogP contribution is -2.05. The first-order valence-corrected chi connectivity index (χ1v) is 5.57. The highest BCUT2D eigenvalue weighted by Gasteiger charge is 2.14. The van der Waals surface area contributed by atoms with Crippen molar-refractivity contribution in [1.82, 2.24) is 0 Å². The lowest BCUT2D eigenvalue weighted by atomic mass is 9.99. The van der Waals surface area contributed by atoms with E-state index in [1.54, 1.807) is 19.1 Å². The molecule has 3 heteroatoms. The van der Waals surface area contributed by atoms with Crippen LogP contribution in [0.4, 0.5) is 4.39 Å². The van der Waals surface area contributed by atoms with Crippen LogP contribution in [0, 0.1) is 12.7 Å². The van der Waals surface area contributed by atoms with Crippen molar-refractivity contribution in [2.75, 3.05) is 7.11 Å². The smallest absolute Gasteiger partial charge is 0.338 e. The number of methoxy groups -OCH3 is 1. The highest BCUT2D eigenvalue weighted by atomic mass is 19.1. The molecule has 92 valence electrons. The van der Waals surface area contributed by atoms with E-state index in [-0.39, 0.29) is 5.82 Å². The van der Waals surface area contributed by atoms with Gasteiger partial charge >= 0.3 is 5.97 Å². The number of hydrogen-bond donors (Lipinski definition) is 0. The highest BCUT2D eigenvalue weighted by Crippen LogP contribution is 2.26. The Morgan fingerprint density at radius 2 is 1.83 bits per heavy atom. The molecule has 0 saturated carbocycles. The zero-order valence-electron chi connectivity index (χ0n) is 10.2. The summed E-state index contributed by atoms with van der Waals surface area (Å²) in [6.45, 7) is 1.68. The van der Waals surface area contributed by atoms with Gasteiger partial charge in [-0.3, -0.25) is 0 Å². The molecule has 2 nitrogen and oxygen atoms in total. The van der Waals surface area contributed by atoms with Gasteiger partial charge in [-0.1, -0.05) is 30.3 Å². The van der Waals surface area contributed by atoms with Gasteiger partial charge in [-0.25, -0.2) is 9.18 Å². The molecule has 2 aromatic rings. The van der Waals surface area contributed by atoms with Gasteiger partial charge in [0.05, 0.1) is 12.7 Å². The highest BCUT2D eigenvalue weighted by molar-refractivity contribution is 5.92. The maximum absolute atomic E-state index is 13.9. The van der Waals surface area contributed by atoms with Crippen molar-refractivity contribution in [3.8, 4) is 11.1 Å². The van der Waals surface area contributed by atoms with Gasteiger partial charge in [-0.2, -0.15) is 0 Å². The van der Waals surface area contributed by atoms with E-state index in [4.69, 9.17) is 0 Å². The van der Waals surface area contributed by atoms with Crippen LogP contribution in [-0.2, 0) is 4.74 Å². The molecule has 0 aliphatic heterocycles. The third kappa shape index (κ3) is 2.25. The van der Waals surface area contributed by atoms with Crippen LogP contribution in [0.3, 0.4) is 0 Å². The van der Waals surface area contributed by atoms with E-state index in [0.29, 0.717) is 16.7 Å². The van der Waals surface area contributed by atoms with Crippen molar-refractivity contribution in [2.45, 2.75) is 6.92 Å². The van der Waals surface area contributed by atoms with Gasteiger partial charge in [0.2, 0.25) is 0 Å². The Bertz CT molecular complexity index is 577. The van der Waals surface area contributed by atoms with E-state index in [1.807, 2.05) is 18.2 Å². The molecule has 2 rings (SSSR count). The molecule has 0 N–H and O–H groups in total. The summed E-state index contributed by atoms with van der Waals surface area (Å²) in [6.07, 6.45) is 0. The van der Waals surface area contributed by atoms with Crippen molar-refractivity contribution < 1.29 is 13.9 Å². The van der Waals surface area contributed by atoms with Gasteiger partial charge in [0.1, 0.15) is 5.82 Å². The third-order valence-electron chi connectivity index (χ3n) is 2.80. The van der Waals surface area contributed by atoms with Crippen LogP contribution in [-0.4, -0.2) is 13.1 Å². The standard InChI is InChI=1S/C15H13FO2/c1-10-8-14(16)13(9-12(10)15(17)18-2)11-6-4-3-5-7-11/h3-9H,1-2H3. The van der Waals surface area contributed by atoms with Gasteiger partial charge in [0.15, 0.2) is 0 Å². The Kier molecular flexibility index (Phi) is 3.42. The topological polar surface area (TPSA) is 26.3 Å². The Labute approximate surface area is 105 Å². The van der Waals surface area contributed by atoms with Crippen LogP contribution in [0.2, 0.25) is 0 Å². The average Bonchev–Trinajstić information content (AvgIpc) is 2.39. The molecular formula is C15H13FO2. The number of carbonyl (C=O) groups excluding carboxylic acids is 1. The van der Waals surface area contributed by atoms with E-state index in [2.05, 4.69) is 4.74 Å². The maximum Gasteiger partial charge on any atom is 0.338 e. The first kappa shape index (κ1) is 12.3. The predicted octanol–water partition coefficient (Wildman–Crippen LogP) is 3.59. The zero-order chi connectivity index (χ0) is 13.1. The Hall–Kier alpha value is -2.16. The summed E-state index contributed by atoms with van der Waals surface area (Å²) in [6, 6.07) is 12.0. The molecule has 0 amide bonds. The zero-order valence-corrected chi connectivity index (χ0v) is 10.2. The second-order valence-corrected chi connectivity index (χ2v) is 4.00. The lowest BCUT2D eigenvalue weighted by Gasteiger charge is -2.09. The van der Waals surface area contributed by atoms with E-state index < -0.39 is 5.97 Å². The molecule has 0 aliphatic rings. The first-order chi connectivity index (χ1) is 8.63. The molecule has 0 bridgehead atoms. The summed E-state index contributed by atoms with van der Waals surface area (Å²) in [5.74, 6) is -0.795. The fourth-order valence-corrected chi connectivity index (χ4v) is 1.84. The quantitative estimate of drug-likeness (QED) is 0.755. The molecular weight excluding hydrogens is 231 g/mol. The van der Waals surface area contributed by atoms with Gasteiger partial charge in [-0.05, 0) is 30.2 Å². The summed E-state index contributed by atoms with van der Waals surface area (Å²) in [5, 5.41) is 0. The SMILES string of the molecule is COC(=O)c1cc(-c2ccccc2)c(F)cc1C. The minimum absolute atomic E-state index is 0.341. The fraction of sp³-hybridized carbons (Fsp3) is 0.133. The summed E-state index contributed by atoms with van der Waals surface area (Å²) in [4.78, 5) is 11.6. The van der Waals surface area contributed by atoms with Crippen LogP contribution in [0.25, 0.3) is 11.1 Å². The third-order valence-corrected chi connectivity index (χ3v) is 2.80. The number of rotatable bonds is 2. The normalized spacial score (nSPS) is 10.2. The van der Waals surface area contributed by atoms with Crippen molar-refractivity contribution >= 4 is 5.97 Å². The number of aryl methyl sites for hydroxylation is 1. The summed E-state index contributed by atoms with van der Waals surface area (Å²) in [5.41, 5.74) is 2.10. The van der Waals surface area contributed by atoms with E-state index in [0.717, 1.165) is 5.56 Å². The van der Waals surface area contributed by atoms with E-state index in [1.165, 1.54) is 19.2 Å². The molecule has 0 atom stereocenters. The lowest BCUT2D eigenvalue weighted by molar-refractivity contribution is 0.0600. The number of carbonyl (C=O) groups is 1. The maximum atomic E-state index is 13.9. The first-order valence-electron chi connectivity index (χ1n) is 5.57. The van der Waals surface area contributed by atoms with Crippen LogP contribution >= 0.6 is 0 Å². The Balaban J connectivity index is 2.59. The summed E-state index contributed by atoms with van der Waals surface area (Å²) >= 11 is 0. The minimum Gasteiger partial charge on any atom is -0.465 e. The average molecular weight is 244 g/mol. The van der Waals surface area contributed by atoms with Crippen LogP contribution in [0.5, 0.6) is 0 Å². The van der Waals surface area contributed by atoms with Gasteiger partial charge in [-0.15, -0.1) is 0 Å². The van der Waals surface area contributed by atoms with Crippen molar-refractivity contribution in [2.24, 2.45) is 0 Å². The number of halogens is 1. The molecule has 18 heavy (non-hydrogen) atoms. The van der Waals surface area contributed by atoms with E-state index in [9.17, 15) is 9.18 Å². The molecule has 0 radical (unpaired) electrons. The monoisotopic (exact) mass is 244 g/mol. The molecule has 0 unspecified atom stereocenters. The number of esters is 1.